The normalized spacial score (nSPS) is 9.82. The predicted molar refractivity (Wildman–Crippen MR) is 66.9 cm³/mol. The molecular formula is C11H14ClN3O2. The first-order chi connectivity index (χ1) is 7.97. The van der Waals surface area contributed by atoms with Gasteiger partial charge in [-0.2, -0.15) is 0 Å². The van der Waals surface area contributed by atoms with Gasteiger partial charge in [-0.15, -0.1) is 0 Å². The molecule has 0 fully saturated rings. The summed E-state index contributed by atoms with van der Waals surface area (Å²) >= 11 is 5.93. The summed E-state index contributed by atoms with van der Waals surface area (Å²) in [6.07, 6.45) is 0. The summed E-state index contributed by atoms with van der Waals surface area (Å²) in [5.41, 5.74) is 6.23. The third-order valence-electron chi connectivity index (χ3n) is 2.27. The molecule has 1 rings (SSSR count). The van der Waals surface area contributed by atoms with Crippen molar-refractivity contribution < 1.29 is 9.59 Å². The van der Waals surface area contributed by atoms with Crippen LogP contribution in [0.25, 0.3) is 0 Å². The van der Waals surface area contributed by atoms with Crippen LogP contribution >= 0.6 is 11.6 Å². The third kappa shape index (κ3) is 3.10. The minimum atomic E-state index is -0.342. The summed E-state index contributed by atoms with van der Waals surface area (Å²) in [5.74, 6) is -0.591. The molecule has 0 heterocycles. The maximum atomic E-state index is 12.0. The van der Waals surface area contributed by atoms with E-state index >= 15 is 0 Å². The first kappa shape index (κ1) is 13.3. The largest absolute Gasteiger partial charge is 0.398 e. The maximum Gasteiger partial charge on any atom is 0.255 e. The van der Waals surface area contributed by atoms with Gasteiger partial charge < -0.3 is 16.0 Å². The summed E-state index contributed by atoms with van der Waals surface area (Å²) in [6, 6.07) is 4.82. The van der Waals surface area contributed by atoms with Gasteiger partial charge in [0, 0.05) is 14.1 Å². The number of nitrogens with one attached hydrogen (secondary N) is 1. The lowest BCUT2D eigenvalue weighted by molar-refractivity contribution is -0.121. The minimum absolute atomic E-state index is 0.0273. The smallest absolute Gasteiger partial charge is 0.255 e. The molecule has 0 unspecified atom stereocenters. The molecule has 1 aromatic carbocycles. The number of carbonyl (C=O) groups excluding carboxylic acids is 2. The molecule has 6 heteroatoms. The van der Waals surface area contributed by atoms with Crippen LogP contribution in [0.5, 0.6) is 0 Å². The number of amides is 2. The van der Waals surface area contributed by atoms with Crippen LogP contribution in [0.1, 0.15) is 10.4 Å². The van der Waals surface area contributed by atoms with Crippen LogP contribution < -0.4 is 11.1 Å². The molecule has 0 aliphatic carbocycles. The van der Waals surface area contributed by atoms with Crippen molar-refractivity contribution in [2.75, 3.05) is 26.4 Å². The summed E-state index contributed by atoms with van der Waals surface area (Å²) in [6.45, 7) is -0.0273. The van der Waals surface area contributed by atoms with Gasteiger partial charge in [0.15, 0.2) is 0 Å². The second-order valence-electron chi connectivity index (χ2n) is 3.54. The number of nitrogen functional groups attached to an aromatic ring is 1. The van der Waals surface area contributed by atoms with Gasteiger partial charge in [-0.1, -0.05) is 17.7 Å². The first-order valence-corrected chi connectivity index (χ1v) is 5.35. The van der Waals surface area contributed by atoms with Crippen LogP contribution in [0.15, 0.2) is 18.2 Å². The van der Waals surface area contributed by atoms with Crippen molar-refractivity contribution in [2.24, 2.45) is 0 Å². The Morgan fingerprint density at radius 2 is 2.12 bits per heavy atom. The zero-order chi connectivity index (χ0) is 13.0. The fourth-order valence-electron chi connectivity index (χ4n) is 1.29. The molecule has 0 aliphatic rings. The zero-order valence-corrected chi connectivity index (χ0v) is 10.4. The highest BCUT2D eigenvalue weighted by atomic mass is 35.5. The highest BCUT2D eigenvalue weighted by molar-refractivity contribution is 6.36. The van der Waals surface area contributed by atoms with E-state index in [0.717, 1.165) is 0 Å². The quantitative estimate of drug-likeness (QED) is 0.783. The third-order valence-corrected chi connectivity index (χ3v) is 2.69. The van der Waals surface area contributed by atoms with Crippen LogP contribution in [0.2, 0.25) is 5.02 Å². The number of hydrogen-bond donors (Lipinski definition) is 2. The molecule has 0 spiro atoms. The van der Waals surface area contributed by atoms with E-state index in [-0.39, 0.29) is 28.9 Å². The number of carbonyl (C=O) groups is 2. The Morgan fingerprint density at radius 1 is 1.47 bits per heavy atom. The Morgan fingerprint density at radius 3 is 2.71 bits per heavy atom. The number of likely N-dealkylation sites (N-methyl/N-ethyl adjacent to an activating group) is 2. The molecule has 5 nitrogen and oxygen atoms in total. The van der Waals surface area contributed by atoms with E-state index in [0.29, 0.717) is 5.69 Å². The van der Waals surface area contributed by atoms with Gasteiger partial charge in [0.2, 0.25) is 5.91 Å². The molecule has 0 bridgehead atoms. The number of hydrogen-bond acceptors (Lipinski definition) is 3. The predicted octanol–water partition coefficient (Wildman–Crippen LogP) is 0.740. The Hall–Kier alpha value is -1.75. The molecular weight excluding hydrogens is 242 g/mol. The lowest BCUT2D eigenvalue weighted by atomic mass is 10.2. The molecule has 0 aliphatic heterocycles. The summed E-state index contributed by atoms with van der Waals surface area (Å²) in [4.78, 5) is 24.4. The summed E-state index contributed by atoms with van der Waals surface area (Å²) in [5, 5.41) is 2.65. The minimum Gasteiger partial charge on any atom is -0.398 e. The van der Waals surface area contributed by atoms with Crippen LogP contribution in [-0.2, 0) is 4.79 Å². The van der Waals surface area contributed by atoms with E-state index in [2.05, 4.69) is 5.32 Å². The SMILES string of the molecule is CNC(=O)CN(C)C(=O)c1cccc(N)c1Cl. The van der Waals surface area contributed by atoms with Crippen molar-refractivity contribution in [2.45, 2.75) is 0 Å². The van der Waals surface area contributed by atoms with Crippen molar-refractivity contribution >= 4 is 29.1 Å². The summed E-state index contributed by atoms with van der Waals surface area (Å²) < 4.78 is 0. The van der Waals surface area contributed by atoms with Crippen molar-refractivity contribution in [1.29, 1.82) is 0 Å². The van der Waals surface area contributed by atoms with Crippen molar-refractivity contribution in [1.82, 2.24) is 10.2 Å². The number of halogens is 1. The summed E-state index contributed by atoms with van der Waals surface area (Å²) in [7, 11) is 3.03. The molecule has 92 valence electrons. The topological polar surface area (TPSA) is 75.4 Å². The molecule has 0 saturated carbocycles. The lowest BCUT2D eigenvalue weighted by Gasteiger charge is -2.17. The Labute approximate surface area is 105 Å². The second kappa shape index (κ2) is 5.54. The molecule has 1 aromatic rings. The van der Waals surface area contributed by atoms with Crippen LogP contribution in [0.3, 0.4) is 0 Å². The zero-order valence-electron chi connectivity index (χ0n) is 9.66. The second-order valence-corrected chi connectivity index (χ2v) is 3.92. The Bertz CT molecular complexity index is 448. The van der Waals surface area contributed by atoms with Gasteiger partial charge in [0.25, 0.3) is 5.91 Å². The Kier molecular flexibility index (Phi) is 4.34. The van der Waals surface area contributed by atoms with Gasteiger partial charge in [-0.25, -0.2) is 0 Å². The fraction of sp³-hybridized carbons (Fsp3) is 0.273. The molecule has 0 radical (unpaired) electrons. The van der Waals surface area contributed by atoms with E-state index in [1.165, 1.54) is 19.0 Å². The van der Waals surface area contributed by atoms with Gasteiger partial charge in [-0.3, -0.25) is 9.59 Å². The van der Waals surface area contributed by atoms with E-state index in [4.69, 9.17) is 17.3 Å². The van der Waals surface area contributed by atoms with E-state index in [1.807, 2.05) is 0 Å². The monoisotopic (exact) mass is 255 g/mol. The maximum absolute atomic E-state index is 12.0. The van der Waals surface area contributed by atoms with Gasteiger partial charge in [-0.05, 0) is 12.1 Å². The molecule has 3 N–H and O–H groups in total. The van der Waals surface area contributed by atoms with Gasteiger partial charge >= 0.3 is 0 Å². The molecule has 2 amide bonds. The number of rotatable bonds is 3. The lowest BCUT2D eigenvalue weighted by Crippen LogP contribution is -2.37. The highest BCUT2D eigenvalue weighted by Crippen LogP contribution is 2.23. The average Bonchev–Trinajstić information content (AvgIpc) is 2.31. The molecule has 0 aromatic heterocycles. The van der Waals surface area contributed by atoms with Crippen molar-refractivity contribution in [3.63, 3.8) is 0 Å². The molecule has 17 heavy (non-hydrogen) atoms. The van der Waals surface area contributed by atoms with Gasteiger partial charge in [0.05, 0.1) is 22.8 Å². The van der Waals surface area contributed by atoms with Crippen LogP contribution in [-0.4, -0.2) is 37.4 Å². The van der Waals surface area contributed by atoms with Gasteiger partial charge in [0.1, 0.15) is 0 Å². The first-order valence-electron chi connectivity index (χ1n) is 4.97. The average molecular weight is 256 g/mol. The number of nitrogens with zero attached hydrogens (tertiary/aromatic N) is 1. The standard InChI is InChI=1S/C11H14ClN3O2/c1-14-9(16)6-15(2)11(17)7-4-3-5-8(13)10(7)12/h3-5H,6,13H2,1-2H3,(H,14,16). The highest BCUT2D eigenvalue weighted by Gasteiger charge is 2.17. The van der Waals surface area contributed by atoms with Crippen molar-refractivity contribution in [3.05, 3.63) is 28.8 Å². The number of benzene rings is 1. The fourth-order valence-corrected chi connectivity index (χ4v) is 1.49. The Balaban J connectivity index is 2.89. The van der Waals surface area contributed by atoms with Crippen molar-refractivity contribution in [3.8, 4) is 0 Å². The van der Waals surface area contributed by atoms with E-state index in [9.17, 15) is 9.59 Å². The molecule has 0 saturated heterocycles. The van der Waals surface area contributed by atoms with Crippen LogP contribution in [0, 0.1) is 0 Å². The number of anilines is 1. The number of nitrogens with two attached hydrogens (primary N) is 1. The van der Waals surface area contributed by atoms with E-state index in [1.54, 1.807) is 18.2 Å². The van der Waals surface area contributed by atoms with Crippen LogP contribution in [0.4, 0.5) is 5.69 Å². The molecule has 0 atom stereocenters. The van der Waals surface area contributed by atoms with E-state index < -0.39 is 0 Å².